The van der Waals surface area contributed by atoms with Crippen LogP contribution in [0.3, 0.4) is 0 Å². The SMILES string of the molecule is COc1cc(C2c3sc(=O)[nH]c3SC3C(=O)N(c4ccc(F)cc4)C(=O)C32)ccc1O. The second-order valence-corrected chi connectivity index (χ2v) is 9.34. The minimum absolute atomic E-state index is 0.0581. The number of nitrogens with one attached hydrogen (secondary N) is 1. The summed E-state index contributed by atoms with van der Waals surface area (Å²) < 4.78 is 18.6. The molecular weight excluding hydrogens is 443 g/mol. The number of carbonyl (C=O) groups is 2. The fourth-order valence-electron chi connectivity index (χ4n) is 4.11. The van der Waals surface area contributed by atoms with Crippen molar-refractivity contribution in [2.75, 3.05) is 12.0 Å². The van der Waals surface area contributed by atoms with Gasteiger partial charge in [0.2, 0.25) is 11.8 Å². The van der Waals surface area contributed by atoms with Crippen LogP contribution in [0.15, 0.2) is 52.3 Å². The van der Waals surface area contributed by atoms with Crippen LogP contribution in [-0.2, 0) is 9.59 Å². The number of aromatic amines is 1. The molecule has 2 aromatic carbocycles. The number of benzene rings is 2. The highest BCUT2D eigenvalue weighted by Crippen LogP contribution is 2.53. The largest absolute Gasteiger partial charge is 0.504 e. The van der Waals surface area contributed by atoms with E-state index in [4.69, 9.17) is 4.74 Å². The highest BCUT2D eigenvalue weighted by Gasteiger charge is 2.56. The molecule has 0 saturated carbocycles. The Kier molecular flexibility index (Phi) is 4.63. The van der Waals surface area contributed by atoms with Crippen molar-refractivity contribution in [1.82, 2.24) is 4.98 Å². The third-order valence-corrected chi connectivity index (χ3v) is 7.87. The van der Waals surface area contributed by atoms with Crippen LogP contribution < -0.4 is 14.5 Å². The molecule has 2 N–H and O–H groups in total. The monoisotopic (exact) mass is 458 g/mol. The molecule has 1 aromatic heterocycles. The molecule has 3 heterocycles. The molecule has 0 bridgehead atoms. The number of thiazole rings is 1. The molecule has 10 heteroatoms. The molecule has 2 aliphatic rings. The molecule has 2 amide bonds. The summed E-state index contributed by atoms with van der Waals surface area (Å²) in [6.07, 6.45) is 0. The third kappa shape index (κ3) is 3.05. The Hall–Kier alpha value is -3.11. The lowest BCUT2D eigenvalue weighted by atomic mass is 9.83. The van der Waals surface area contributed by atoms with Gasteiger partial charge in [0.1, 0.15) is 11.1 Å². The highest BCUT2D eigenvalue weighted by atomic mass is 32.2. The van der Waals surface area contributed by atoms with E-state index in [1.807, 2.05) is 0 Å². The van der Waals surface area contributed by atoms with Gasteiger partial charge in [-0.1, -0.05) is 29.2 Å². The maximum Gasteiger partial charge on any atom is 0.305 e. The zero-order valence-corrected chi connectivity index (χ0v) is 17.6. The van der Waals surface area contributed by atoms with Crippen molar-refractivity contribution < 1.29 is 23.8 Å². The normalized spacial score (nSPS) is 22.4. The number of rotatable bonds is 3. The topological polar surface area (TPSA) is 99.7 Å². The fourth-order valence-corrected chi connectivity index (χ4v) is 6.62. The maximum atomic E-state index is 13.5. The van der Waals surface area contributed by atoms with Gasteiger partial charge in [-0.2, -0.15) is 0 Å². The number of halogens is 1. The number of hydrogen-bond acceptors (Lipinski definition) is 7. The number of nitrogens with zero attached hydrogens (tertiary/aromatic N) is 1. The van der Waals surface area contributed by atoms with E-state index in [1.54, 1.807) is 12.1 Å². The molecule has 5 rings (SSSR count). The first kappa shape index (κ1) is 19.8. The smallest absolute Gasteiger partial charge is 0.305 e. The average Bonchev–Trinajstić information content (AvgIpc) is 3.24. The van der Waals surface area contributed by atoms with Gasteiger partial charge in [0.15, 0.2) is 11.5 Å². The van der Waals surface area contributed by atoms with Crippen molar-refractivity contribution in [3.05, 3.63) is 68.4 Å². The summed E-state index contributed by atoms with van der Waals surface area (Å²) in [5.41, 5.74) is 0.939. The number of carbonyl (C=O) groups excluding carboxylic acids is 2. The van der Waals surface area contributed by atoms with Crippen LogP contribution in [-0.4, -0.2) is 34.3 Å². The Morgan fingerprint density at radius 1 is 1.10 bits per heavy atom. The summed E-state index contributed by atoms with van der Waals surface area (Å²) in [6.45, 7) is 0. The zero-order chi connectivity index (χ0) is 21.9. The Bertz CT molecular complexity index is 1270. The molecule has 3 atom stereocenters. The molecular formula is C21H15FN2O5S2. The number of methoxy groups -OCH3 is 1. The maximum absolute atomic E-state index is 13.5. The Balaban J connectivity index is 1.66. The van der Waals surface area contributed by atoms with Gasteiger partial charge in [-0.3, -0.25) is 14.4 Å². The second kappa shape index (κ2) is 7.24. The van der Waals surface area contributed by atoms with E-state index in [0.717, 1.165) is 28.0 Å². The number of aromatic nitrogens is 1. The van der Waals surface area contributed by atoms with Crippen LogP contribution in [0.2, 0.25) is 0 Å². The number of fused-ring (bicyclic) bond motifs is 2. The first-order valence-electron chi connectivity index (χ1n) is 9.29. The Morgan fingerprint density at radius 3 is 2.55 bits per heavy atom. The molecule has 1 saturated heterocycles. The van der Waals surface area contributed by atoms with E-state index in [0.29, 0.717) is 21.2 Å². The summed E-state index contributed by atoms with van der Waals surface area (Å²) in [5, 5.41) is 9.79. The first-order chi connectivity index (χ1) is 14.9. The number of thioether (sulfide) groups is 1. The van der Waals surface area contributed by atoms with Gasteiger partial charge in [-0.05, 0) is 42.0 Å². The van der Waals surface area contributed by atoms with Crippen LogP contribution in [0, 0.1) is 11.7 Å². The molecule has 158 valence electrons. The molecule has 2 aliphatic heterocycles. The summed E-state index contributed by atoms with van der Waals surface area (Å²) in [5.74, 6) is -2.49. The third-order valence-electron chi connectivity index (χ3n) is 5.47. The van der Waals surface area contributed by atoms with Gasteiger partial charge >= 0.3 is 4.87 Å². The molecule has 1 fully saturated rings. The number of aromatic hydroxyl groups is 1. The van der Waals surface area contributed by atoms with Gasteiger partial charge in [-0.15, -0.1) is 0 Å². The molecule has 0 spiro atoms. The Labute approximate surface area is 183 Å². The first-order valence-corrected chi connectivity index (χ1v) is 11.0. The van der Waals surface area contributed by atoms with E-state index in [9.17, 15) is 23.9 Å². The van der Waals surface area contributed by atoms with Crippen molar-refractivity contribution in [1.29, 1.82) is 0 Å². The predicted octanol–water partition coefficient (Wildman–Crippen LogP) is 3.09. The lowest BCUT2D eigenvalue weighted by Gasteiger charge is -2.30. The molecule has 3 unspecified atom stereocenters. The van der Waals surface area contributed by atoms with Gasteiger partial charge in [0.05, 0.1) is 23.7 Å². The van der Waals surface area contributed by atoms with Crippen LogP contribution in [0.5, 0.6) is 11.5 Å². The van der Waals surface area contributed by atoms with E-state index in [-0.39, 0.29) is 16.4 Å². The predicted molar refractivity (Wildman–Crippen MR) is 113 cm³/mol. The summed E-state index contributed by atoms with van der Waals surface area (Å²) in [4.78, 5) is 43.0. The fraction of sp³-hybridized carbons (Fsp3) is 0.190. The lowest BCUT2D eigenvalue weighted by Crippen LogP contribution is -2.32. The Morgan fingerprint density at radius 2 is 1.84 bits per heavy atom. The van der Waals surface area contributed by atoms with E-state index < -0.39 is 34.7 Å². The number of hydrogen-bond donors (Lipinski definition) is 2. The quantitative estimate of drug-likeness (QED) is 0.585. The number of phenolic OH excluding ortho intramolecular Hbond substituents is 1. The van der Waals surface area contributed by atoms with Crippen LogP contribution in [0.25, 0.3) is 0 Å². The van der Waals surface area contributed by atoms with E-state index >= 15 is 0 Å². The van der Waals surface area contributed by atoms with Crippen molar-refractivity contribution in [2.24, 2.45) is 5.92 Å². The minimum Gasteiger partial charge on any atom is -0.504 e. The van der Waals surface area contributed by atoms with E-state index in [2.05, 4.69) is 4.98 Å². The van der Waals surface area contributed by atoms with Crippen molar-refractivity contribution in [2.45, 2.75) is 16.2 Å². The summed E-state index contributed by atoms with van der Waals surface area (Å²) in [7, 11) is 1.42. The average molecular weight is 458 g/mol. The van der Waals surface area contributed by atoms with Crippen LogP contribution >= 0.6 is 23.1 Å². The van der Waals surface area contributed by atoms with E-state index in [1.165, 1.54) is 37.4 Å². The number of imide groups is 1. The number of amides is 2. The highest BCUT2D eigenvalue weighted by molar-refractivity contribution is 8.00. The number of anilines is 1. The van der Waals surface area contributed by atoms with Crippen LogP contribution in [0.4, 0.5) is 10.1 Å². The molecule has 31 heavy (non-hydrogen) atoms. The van der Waals surface area contributed by atoms with Crippen molar-refractivity contribution >= 4 is 40.6 Å². The van der Waals surface area contributed by atoms with Crippen LogP contribution in [0.1, 0.15) is 16.4 Å². The minimum atomic E-state index is -0.768. The number of ether oxygens (including phenoxy) is 1. The van der Waals surface area contributed by atoms with Gasteiger partial charge < -0.3 is 14.8 Å². The molecule has 0 radical (unpaired) electrons. The summed E-state index contributed by atoms with van der Waals surface area (Å²) >= 11 is 2.16. The lowest BCUT2D eigenvalue weighted by molar-refractivity contribution is -0.122. The standard InChI is InChI=1S/C21H15FN2O5S2/c1-29-13-8-9(2-7-12(13)25)14-15-17(30-18-16(14)31-21(28)23-18)20(27)24(19(15)26)11-5-3-10(22)4-6-11/h2-8,14-15,17,25H,1H3,(H,23,28). The summed E-state index contributed by atoms with van der Waals surface area (Å²) in [6, 6.07) is 9.90. The van der Waals surface area contributed by atoms with Crippen molar-refractivity contribution in [3.8, 4) is 11.5 Å². The zero-order valence-electron chi connectivity index (χ0n) is 16.0. The molecule has 0 aliphatic carbocycles. The molecule has 3 aromatic rings. The van der Waals surface area contributed by atoms with Gasteiger partial charge in [0.25, 0.3) is 0 Å². The number of phenols is 1. The second-order valence-electron chi connectivity index (χ2n) is 7.17. The molecule has 7 nitrogen and oxygen atoms in total. The van der Waals surface area contributed by atoms with Gasteiger partial charge in [-0.25, -0.2) is 9.29 Å². The number of H-pyrrole nitrogens is 1. The van der Waals surface area contributed by atoms with Crippen molar-refractivity contribution in [3.63, 3.8) is 0 Å². The van der Waals surface area contributed by atoms with Gasteiger partial charge in [0, 0.05) is 10.8 Å².